The molecule has 0 saturated carbocycles. The van der Waals surface area contributed by atoms with Crippen molar-refractivity contribution >= 4 is 21.8 Å². The number of hydrogen-bond acceptors (Lipinski definition) is 6. The minimum Gasteiger partial charge on any atom is -0.507 e. The molecule has 1 aromatic heterocycles. The number of amides is 1. The average Bonchev–Trinajstić information content (AvgIpc) is 2.84. The third-order valence-electron chi connectivity index (χ3n) is 5.48. The summed E-state index contributed by atoms with van der Waals surface area (Å²) in [6.45, 7) is 3.74. The predicted octanol–water partition coefficient (Wildman–Crippen LogP) is 3.91. The highest BCUT2D eigenvalue weighted by Gasteiger charge is 2.17. The van der Waals surface area contributed by atoms with Gasteiger partial charge in [-0.05, 0) is 95.4 Å². The molecule has 3 N–H and O–H groups in total. The van der Waals surface area contributed by atoms with Crippen molar-refractivity contribution in [1.29, 1.82) is 0 Å². The van der Waals surface area contributed by atoms with Gasteiger partial charge in [-0.25, -0.2) is 9.18 Å². The summed E-state index contributed by atoms with van der Waals surface area (Å²) in [5.41, 5.74) is 0.295. The number of carbonyl (C=O) groups is 1. The third-order valence-corrected chi connectivity index (χ3v) is 6.12. The van der Waals surface area contributed by atoms with Crippen LogP contribution in [0.5, 0.6) is 17.2 Å². The zero-order valence-corrected chi connectivity index (χ0v) is 21.4. The second-order valence-electron chi connectivity index (χ2n) is 8.28. The highest BCUT2D eigenvalue weighted by atomic mass is 79.9. The SMILES string of the molecule is Cc1cc(-n2nc(C(=O)NCCc3ccc(F)cc3)c(=O)[nH]c2=O)cc(C)c1Oc1ccc(O)c(Br)c1. The summed E-state index contributed by atoms with van der Waals surface area (Å²) < 4.78 is 20.4. The minimum atomic E-state index is -0.910. The number of aromatic amines is 1. The van der Waals surface area contributed by atoms with E-state index >= 15 is 0 Å². The largest absolute Gasteiger partial charge is 0.507 e. The molecule has 190 valence electrons. The topological polar surface area (TPSA) is 126 Å². The Kier molecular flexibility index (Phi) is 7.53. The van der Waals surface area contributed by atoms with Crippen molar-refractivity contribution < 1.29 is 19.0 Å². The van der Waals surface area contributed by atoms with Gasteiger partial charge in [-0.15, -0.1) is 0 Å². The number of nitrogens with zero attached hydrogens (tertiary/aromatic N) is 2. The fraction of sp³-hybridized carbons (Fsp3) is 0.154. The number of carbonyl (C=O) groups excluding carboxylic acids is 1. The van der Waals surface area contributed by atoms with E-state index in [2.05, 4.69) is 31.3 Å². The van der Waals surface area contributed by atoms with Crippen LogP contribution in [0.15, 0.2) is 68.7 Å². The summed E-state index contributed by atoms with van der Waals surface area (Å²) in [5, 5.41) is 16.3. The van der Waals surface area contributed by atoms with Gasteiger partial charge in [-0.1, -0.05) is 12.1 Å². The van der Waals surface area contributed by atoms with Crippen molar-refractivity contribution in [2.45, 2.75) is 20.3 Å². The zero-order chi connectivity index (χ0) is 26.7. The van der Waals surface area contributed by atoms with Crippen molar-refractivity contribution in [1.82, 2.24) is 20.1 Å². The van der Waals surface area contributed by atoms with Crippen LogP contribution in [0.25, 0.3) is 5.69 Å². The fourth-order valence-electron chi connectivity index (χ4n) is 3.66. The summed E-state index contributed by atoms with van der Waals surface area (Å²) in [7, 11) is 0. The van der Waals surface area contributed by atoms with E-state index in [4.69, 9.17) is 4.74 Å². The van der Waals surface area contributed by atoms with Gasteiger partial charge in [0.05, 0.1) is 10.2 Å². The van der Waals surface area contributed by atoms with Crippen LogP contribution in [-0.2, 0) is 6.42 Å². The lowest BCUT2D eigenvalue weighted by atomic mass is 10.1. The van der Waals surface area contributed by atoms with E-state index in [1.165, 1.54) is 18.2 Å². The van der Waals surface area contributed by atoms with Gasteiger partial charge < -0.3 is 15.2 Å². The van der Waals surface area contributed by atoms with Crippen LogP contribution in [0.1, 0.15) is 27.2 Å². The molecular weight excluding hydrogens is 547 g/mol. The molecule has 0 aliphatic rings. The summed E-state index contributed by atoms with van der Waals surface area (Å²) in [6.07, 6.45) is 0.418. The number of benzene rings is 3. The second kappa shape index (κ2) is 10.8. The number of rotatable bonds is 7. The Bertz CT molecular complexity index is 1580. The van der Waals surface area contributed by atoms with Gasteiger partial charge in [0.25, 0.3) is 11.5 Å². The predicted molar refractivity (Wildman–Crippen MR) is 138 cm³/mol. The number of aromatic hydroxyl groups is 1. The Morgan fingerprint density at radius 3 is 2.43 bits per heavy atom. The monoisotopic (exact) mass is 568 g/mol. The zero-order valence-electron chi connectivity index (χ0n) is 19.8. The molecule has 0 atom stereocenters. The molecule has 0 saturated heterocycles. The molecule has 1 amide bonds. The molecule has 0 radical (unpaired) electrons. The fourth-order valence-corrected chi connectivity index (χ4v) is 4.02. The molecule has 0 fully saturated rings. The number of aryl methyl sites for hydroxylation is 2. The van der Waals surface area contributed by atoms with Crippen molar-refractivity contribution in [3.05, 3.63) is 108 Å². The van der Waals surface area contributed by atoms with Crippen LogP contribution in [-0.4, -0.2) is 32.3 Å². The quantitative estimate of drug-likeness (QED) is 0.310. The van der Waals surface area contributed by atoms with Crippen molar-refractivity contribution in [2.24, 2.45) is 0 Å². The van der Waals surface area contributed by atoms with E-state index in [1.54, 1.807) is 50.2 Å². The van der Waals surface area contributed by atoms with Gasteiger partial charge in [0.2, 0.25) is 5.69 Å². The molecule has 4 aromatic rings. The molecule has 3 aromatic carbocycles. The van der Waals surface area contributed by atoms with Gasteiger partial charge >= 0.3 is 5.69 Å². The average molecular weight is 569 g/mol. The molecule has 1 heterocycles. The molecule has 9 nitrogen and oxygen atoms in total. The Morgan fingerprint density at radius 2 is 1.78 bits per heavy atom. The number of aromatic nitrogens is 3. The third kappa shape index (κ3) is 5.95. The lowest BCUT2D eigenvalue weighted by Gasteiger charge is -2.15. The van der Waals surface area contributed by atoms with E-state index in [9.17, 15) is 23.9 Å². The number of ether oxygens (including phenoxy) is 1. The number of phenols is 1. The van der Waals surface area contributed by atoms with Gasteiger partial charge in [0.1, 0.15) is 23.1 Å². The second-order valence-corrected chi connectivity index (χ2v) is 9.13. The lowest BCUT2D eigenvalue weighted by molar-refractivity contribution is 0.0945. The standard InChI is InChI=1S/C26H22BrFN4O5/c1-14-11-18(12-15(2)23(14)37-19-7-8-21(33)20(27)13-19)32-26(36)30-25(35)22(31-32)24(34)29-10-9-16-3-5-17(28)6-4-16/h3-8,11-13,33H,9-10H2,1-2H3,(H,29,34)(H,30,35,36). The van der Waals surface area contributed by atoms with E-state index in [1.807, 2.05) is 0 Å². The van der Waals surface area contributed by atoms with Crippen LogP contribution in [0.2, 0.25) is 0 Å². The molecule has 37 heavy (non-hydrogen) atoms. The normalized spacial score (nSPS) is 10.8. The number of hydrogen-bond donors (Lipinski definition) is 3. The van der Waals surface area contributed by atoms with E-state index in [0.29, 0.717) is 39.2 Å². The molecule has 11 heteroatoms. The lowest BCUT2D eigenvalue weighted by Crippen LogP contribution is -2.39. The van der Waals surface area contributed by atoms with Crippen LogP contribution in [0.4, 0.5) is 4.39 Å². The first-order valence-corrected chi connectivity index (χ1v) is 12.0. The van der Waals surface area contributed by atoms with E-state index in [-0.39, 0.29) is 18.1 Å². The van der Waals surface area contributed by atoms with Crippen molar-refractivity contribution in [3.63, 3.8) is 0 Å². The Balaban J connectivity index is 1.57. The number of halogens is 2. The van der Waals surface area contributed by atoms with Crippen molar-refractivity contribution in [2.75, 3.05) is 6.54 Å². The highest BCUT2D eigenvalue weighted by molar-refractivity contribution is 9.10. The smallest absolute Gasteiger partial charge is 0.349 e. The van der Waals surface area contributed by atoms with Crippen molar-refractivity contribution in [3.8, 4) is 22.9 Å². The molecule has 0 bridgehead atoms. The molecular formula is C26H22BrFN4O5. The van der Waals surface area contributed by atoms with Crippen LogP contribution < -0.4 is 21.3 Å². The van der Waals surface area contributed by atoms with Gasteiger partial charge in [-0.3, -0.25) is 14.6 Å². The maximum Gasteiger partial charge on any atom is 0.349 e. The molecule has 0 aliphatic heterocycles. The maximum atomic E-state index is 13.0. The summed E-state index contributed by atoms with van der Waals surface area (Å²) in [5.74, 6) is 0.00257. The summed E-state index contributed by atoms with van der Waals surface area (Å²) in [6, 6.07) is 13.9. The van der Waals surface area contributed by atoms with E-state index < -0.39 is 22.9 Å². The number of phenolic OH excluding ortho intramolecular Hbond substituents is 1. The Morgan fingerprint density at radius 1 is 1.11 bits per heavy atom. The van der Waals surface area contributed by atoms with Gasteiger partial charge in [0.15, 0.2) is 0 Å². The van der Waals surface area contributed by atoms with E-state index in [0.717, 1.165) is 10.2 Å². The number of nitrogens with one attached hydrogen (secondary N) is 2. The summed E-state index contributed by atoms with van der Waals surface area (Å²) >= 11 is 3.25. The van der Waals surface area contributed by atoms with Crippen LogP contribution in [0.3, 0.4) is 0 Å². The molecule has 0 unspecified atom stereocenters. The summed E-state index contributed by atoms with van der Waals surface area (Å²) in [4.78, 5) is 39.6. The van der Waals surface area contributed by atoms with Crippen LogP contribution >= 0.6 is 15.9 Å². The number of H-pyrrole nitrogens is 1. The maximum absolute atomic E-state index is 13.0. The first-order valence-electron chi connectivity index (χ1n) is 11.2. The first kappa shape index (κ1) is 25.8. The van der Waals surface area contributed by atoms with Crippen LogP contribution in [0, 0.1) is 19.7 Å². The van der Waals surface area contributed by atoms with Gasteiger partial charge in [-0.2, -0.15) is 9.78 Å². The first-order chi connectivity index (χ1) is 17.6. The molecule has 4 rings (SSSR count). The Labute approximate surface area is 218 Å². The molecule has 0 aliphatic carbocycles. The highest BCUT2D eigenvalue weighted by Crippen LogP contribution is 2.34. The minimum absolute atomic E-state index is 0.0787. The Hall–Kier alpha value is -4.25. The van der Waals surface area contributed by atoms with Gasteiger partial charge in [0, 0.05) is 6.54 Å². The molecule has 0 spiro atoms.